The Balaban J connectivity index is 1.47. The molecule has 0 aromatic heterocycles. The normalized spacial score (nSPS) is 14.3. The average molecular weight is 401 g/mol. The summed E-state index contributed by atoms with van der Waals surface area (Å²) in [4.78, 5) is 28.4. The fourth-order valence-corrected chi connectivity index (χ4v) is 3.25. The number of nitrogens with zero attached hydrogens (tertiary/aromatic N) is 2. The molecule has 148 valence electrons. The van der Waals surface area contributed by atoms with Crippen molar-refractivity contribution >= 4 is 23.4 Å². The molecule has 3 rings (SSSR count). The summed E-state index contributed by atoms with van der Waals surface area (Å²) in [6.07, 6.45) is 0. The van der Waals surface area contributed by atoms with E-state index in [9.17, 15) is 9.59 Å². The molecule has 0 bridgehead atoms. The highest BCUT2D eigenvalue weighted by Crippen LogP contribution is 2.19. The molecule has 0 aliphatic carbocycles. The van der Waals surface area contributed by atoms with Gasteiger partial charge in [-0.2, -0.15) is 0 Å². The van der Waals surface area contributed by atoms with Gasteiger partial charge in [-0.05, 0) is 47.9 Å². The van der Waals surface area contributed by atoms with Gasteiger partial charge in [0.1, 0.15) is 5.75 Å². The van der Waals surface area contributed by atoms with Gasteiger partial charge in [0.15, 0.2) is 6.61 Å². The average Bonchev–Trinajstić information content (AvgIpc) is 2.72. The summed E-state index contributed by atoms with van der Waals surface area (Å²) < 4.78 is 5.63. The molecule has 5 nitrogen and oxygen atoms in total. The molecule has 0 unspecified atom stereocenters. The van der Waals surface area contributed by atoms with E-state index in [-0.39, 0.29) is 18.4 Å². The van der Waals surface area contributed by atoms with E-state index in [0.29, 0.717) is 48.4 Å². The maximum atomic E-state index is 12.5. The van der Waals surface area contributed by atoms with Crippen LogP contribution in [-0.2, 0) is 4.79 Å². The largest absolute Gasteiger partial charge is 0.484 e. The molecule has 0 N–H and O–H groups in total. The van der Waals surface area contributed by atoms with Crippen LogP contribution in [0.2, 0.25) is 5.02 Å². The number of halogens is 1. The topological polar surface area (TPSA) is 49.9 Å². The molecule has 0 radical (unpaired) electrons. The number of amides is 2. The number of piperazine rings is 1. The van der Waals surface area contributed by atoms with E-state index < -0.39 is 0 Å². The van der Waals surface area contributed by atoms with Crippen molar-refractivity contribution in [1.29, 1.82) is 0 Å². The van der Waals surface area contributed by atoms with Crippen molar-refractivity contribution in [2.45, 2.75) is 19.8 Å². The predicted octanol–water partition coefficient (Wildman–Crippen LogP) is 3.83. The van der Waals surface area contributed by atoms with Crippen molar-refractivity contribution < 1.29 is 14.3 Å². The van der Waals surface area contributed by atoms with Crippen LogP contribution in [0.4, 0.5) is 0 Å². The molecule has 0 atom stereocenters. The van der Waals surface area contributed by atoms with Crippen LogP contribution in [0.5, 0.6) is 5.75 Å². The Morgan fingerprint density at radius 1 is 0.929 bits per heavy atom. The minimum atomic E-state index is -0.0634. The van der Waals surface area contributed by atoms with Gasteiger partial charge in [0.25, 0.3) is 11.8 Å². The van der Waals surface area contributed by atoms with Crippen LogP contribution < -0.4 is 4.74 Å². The number of benzene rings is 2. The van der Waals surface area contributed by atoms with E-state index in [2.05, 4.69) is 13.8 Å². The molecule has 2 aromatic carbocycles. The lowest BCUT2D eigenvalue weighted by Gasteiger charge is -2.34. The highest BCUT2D eigenvalue weighted by Gasteiger charge is 2.25. The van der Waals surface area contributed by atoms with Crippen LogP contribution in [0.1, 0.15) is 35.7 Å². The number of ether oxygens (including phenoxy) is 1. The predicted molar refractivity (Wildman–Crippen MR) is 110 cm³/mol. The van der Waals surface area contributed by atoms with Gasteiger partial charge >= 0.3 is 0 Å². The van der Waals surface area contributed by atoms with E-state index >= 15 is 0 Å². The molecular formula is C22H25ClN2O3. The van der Waals surface area contributed by atoms with Crippen molar-refractivity contribution in [3.05, 3.63) is 64.7 Å². The minimum absolute atomic E-state index is 0.00611. The van der Waals surface area contributed by atoms with Gasteiger partial charge in [-0.1, -0.05) is 37.6 Å². The lowest BCUT2D eigenvalue weighted by molar-refractivity contribution is -0.134. The summed E-state index contributed by atoms with van der Waals surface area (Å²) >= 11 is 5.87. The summed E-state index contributed by atoms with van der Waals surface area (Å²) in [5.74, 6) is 1.05. The smallest absolute Gasteiger partial charge is 0.260 e. The Morgan fingerprint density at radius 3 is 2.07 bits per heavy atom. The number of carbonyl (C=O) groups is 2. The number of hydrogen-bond acceptors (Lipinski definition) is 3. The van der Waals surface area contributed by atoms with E-state index in [1.807, 2.05) is 24.3 Å². The van der Waals surface area contributed by atoms with Crippen molar-refractivity contribution in [2.24, 2.45) is 0 Å². The monoisotopic (exact) mass is 400 g/mol. The summed E-state index contributed by atoms with van der Waals surface area (Å²) in [5, 5.41) is 0.603. The maximum Gasteiger partial charge on any atom is 0.260 e. The van der Waals surface area contributed by atoms with Crippen molar-refractivity contribution in [3.8, 4) is 5.75 Å². The summed E-state index contributed by atoms with van der Waals surface area (Å²) in [6.45, 7) is 6.31. The second-order valence-corrected chi connectivity index (χ2v) is 7.63. The SMILES string of the molecule is CC(C)c1ccc(OCC(=O)N2CCN(C(=O)c3ccc(Cl)cc3)CC2)cc1. The summed E-state index contributed by atoms with van der Waals surface area (Å²) in [6, 6.07) is 14.7. The third kappa shape index (κ3) is 5.04. The van der Waals surface area contributed by atoms with Crippen LogP contribution in [0.3, 0.4) is 0 Å². The molecule has 1 aliphatic heterocycles. The van der Waals surface area contributed by atoms with E-state index in [1.165, 1.54) is 5.56 Å². The van der Waals surface area contributed by atoms with Crippen LogP contribution in [0.15, 0.2) is 48.5 Å². The van der Waals surface area contributed by atoms with Crippen LogP contribution in [-0.4, -0.2) is 54.4 Å². The third-order valence-electron chi connectivity index (χ3n) is 4.92. The summed E-state index contributed by atoms with van der Waals surface area (Å²) in [7, 11) is 0. The maximum absolute atomic E-state index is 12.5. The lowest BCUT2D eigenvalue weighted by Crippen LogP contribution is -2.51. The molecule has 1 saturated heterocycles. The second kappa shape index (κ2) is 9.11. The Morgan fingerprint density at radius 2 is 1.50 bits per heavy atom. The molecule has 1 fully saturated rings. The number of carbonyl (C=O) groups excluding carboxylic acids is 2. The van der Waals surface area contributed by atoms with Crippen molar-refractivity contribution in [1.82, 2.24) is 9.80 Å². The number of rotatable bonds is 5. The molecule has 1 heterocycles. The van der Waals surface area contributed by atoms with E-state index in [4.69, 9.17) is 16.3 Å². The van der Waals surface area contributed by atoms with Crippen LogP contribution >= 0.6 is 11.6 Å². The van der Waals surface area contributed by atoms with Gasteiger partial charge in [0.2, 0.25) is 0 Å². The first-order valence-electron chi connectivity index (χ1n) is 9.49. The van der Waals surface area contributed by atoms with E-state index in [0.717, 1.165) is 0 Å². The zero-order valence-corrected chi connectivity index (χ0v) is 17.0. The second-order valence-electron chi connectivity index (χ2n) is 7.19. The zero-order chi connectivity index (χ0) is 20.1. The van der Waals surface area contributed by atoms with Crippen molar-refractivity contribution in [3.63, 3.8) is 0 Å². The standard InChI is InChI=1S/C22H25ClN2O3/c1-16(2)17-5-9-20(10-6-17)28-15-21(26)24-11-13-25(14-12-24)22(27)18-3-7-19(23)8-4-18/h3-10,16H,11-15H2,1-2H3. The van der Waals surface area contributed by atoms with E-state index in [1.54, 1.807) is 34.1 Å². The molecule has 2 amide bonds. The van der Waals surface area contributed by atoms with Crippen molar-refractivity contribution in [2.75, 3.05) is 32.8 Å². The Kier molecular flexibility index (Phi) is 6.57. The molecule has 2 aromatic rings. The molecule has 1 aliphatic rings. The first kappa shape index (κ1) is 20.2. The Hall–Kier alpha value is -2.53. The highest BCUT2D eigenvalue weighted by atomic mass is 35.5. The quantitative estimate of drug-likeness (QED) is 0.766. The molecular weight excluding hydrogens is 376 g/mol. The first-order valence-corrected chi connectivity index (χ1v) is 9.87. The Bertz CT molecular complexity index is 811. The third-order valence-corrected chi connectivity index (χ3v) is 5.17. The molecule has 0 saturated carbocycles. The summed E-state index contributed by atoms with van der Waals surface area (Å²) in [5.41, 5.74) is 1.84. The number of hydrogen-bond donors (Lipinski definition) is 0. The van der Waals surface area contributed by atoms with Gasteiger partial charge in [0.05, 0.1) is 0 Å². The van der Waals surface area contributed by atoms with Gasteiger partial charge in [-0.3, -0.25) is 9.59 Å². The zero-order valence-electron chi connectivity index (χ0n) is 16.2. The van der Waals surface area contributed by atoms with Gasteiger partial charge in [0, 0.05) is 36.8 Å². The van der Waals surface area contributed by atoms with Crippen LogP contribution in [0.25, 0.3) is 0 Å². The molecule has 6 heteroatoms. The lowest BCUT2D eigenvalue weighted by atomic mass is 10.0. The Labute approximate surface area is 170 Å². The first-order chi connectivity index (χ1) is 13.4. The fourth-order valence-electron chi connectivity index (χ4n) is 3.12. The van der Waals surface area contributed by atoms with Crippen LogP contribution in [0, 0.1) is 0 Å². The molecule has 28 heavy (non-hydrogen) atoms. The highest BCUT2D eigenvalue weighted by molar-refractivity contribution is 6.30. The fraction of sp³-hybridized carbons (Fsp3) is 0.364. The van der Waals surface area contributed by atoms with Gasteiger partial charge < -0.3 is 14.5 Å². The van der Waals surface area contributed by atoms with Gasteiger partial charge in [-0.15, -0.1) is 0 Å². The minimum Gasteiger partial charge on any atom is -0.484 e. The molecule has 0 spiro atoms. The van der Waals surface area contributed by atoms with Gasteiger partial charge in [-0.25, -0.2) is 0 Å².